The van der Waals surface area contributed by atoms with Crippen molar-refractivity contribution in [2.45, 2.75) is 6.61 Å². The van der Waals surface area contributed by atoms with Crippen LogP contribution < -0.4 is 4.74 Å². The molecule has 0 saturated carbocycles. The maximum Gasteiger partial charge on any atom is 0.153 e. The maximum absolute atomic E-state index is 13.8. The lowest BCUT2D eigenvalue weighted by Gasteiger charge is -2.12. The molecule has 0 fully saturated rings. The summed E-state index contributed by atoms with van der Waals surface area (Å²) in [6, 6.07) is 7.33. The van der Waals surface area contributed by atoms with Crippen LogP contribution >= 0.6 is 31.9 Å². The molecule has 0 aromatic heterocycles. The lowest BCUT2D eigenvalue weighted by Crippen LogP contribution is -2.04. The SMILES string of the molecule is O=Cc1cccc(Br)c1OCc1c(F)ccc(Br)c1F. The second kappa shape index (κ2) is 6.45. The molecule has 0 amide bonds. The van der Waals surface area contributed by atoms with E-state index in [1.165, 1.54) is 6.07 Å². The van der Waals surface area contributed by atoms with Crippen LogP contribution in [0.1, 0.15) is 15.9 Å². The molecule has 0 bridgehead atoms. The average molecular weight is 406 g/mol. The molecule has 0 aliphatic rings. The normalized spacial score (nSPS) is 10.4. The zero-order valence-electron chi connectivity index (χ0n) is 10.00. The topological polar surface area (TPSA) is 26.3 Å². The molecule has 6 heteroatoms. The molecule has 104 valence electrons. The molecule has 0 N–H and O–H groups in total. The largest absolute Gasteiger partial charge is 0.487 e. The Bertz CT molecular complexity index is 660. The highest BCUT2D eigenvalue weighted by Crippen LogP contribution is 2.30. The van der Waals surface area contributed by atoms with Gasteiger partial charge in [-0.2, -0.15) is 0 Å². The molecule has 0 atom stereocenters. The number of para-hydroxylation sites is 1. The first-order valence-electron chi connectivity index (χ1n) is 5.53. The van der Waals surface area contributed by atoms with Crippen LogP contribution in [0.15, 0.2) is 39.3 Å². The number of benzene rings is 2. The van der Waals surface area contributed by atoms with Gasteiger partial charge in [0.25, 0.3) is 0 Å². The Morgan fingerprint density at radius 1 is 1.10 bits per heavy atom. The van der Waals surface area contributed by atoms with Gasteiger partial charge in [0.05, 0.1) is 20.1 Å². The number of hydrogen-bond acceptors (Lipinski definition) is 2. The highest BCUT2D eigenvalue weighted by molar-refractivity contribution is 9.10. The van der Waals surface area contributed by atoms with Crippen molar-refractivity contribution >= 4 is 38.1 Å². The fourth-order valence-corrected chi connectivity index (χ4v) is 2.48. The Morgan fingerprint density at radius 2 is 1.85 bits per heavy atom. The fourth-order valence-electron chi connectivity index (χ4n) is 1.62. The van der Waals surface area contributed by atoms with Crippen LogP contribution in [-0.4, -0.2) is 6.29 Å². The van der Waals surface area contributed by atoms with Gasteiger partial charge in [-0.1, -0.05) is 6.07 Å². The van der Waals surface area contributed by atoms with Gasteiger partial charge in [0, 0.05) is 0 Å². The molecule has 2 rings (SSSR count). The van der Waals surface area contributed by atoms with E-state index >= 15 is 0 Å². The number of aldehydes is 1. The van der Waals surface area contributed by atoms with Crippen LogP contribution in [0.2, 0.25) is 0 Å². The Kier molecular flexibility index (Phi) is 4.88. The van der Waals surface area contributed by atoms with Crippen molar-refractivity contribution in [3.63, 3.8) is 0 Å². The van der Waals surface area contributed by atoms with Crippen LogP contribution in [0, 0.1) is 11.6 Å². The third-order valence-electron chi connectivity index (χ3n) is 2.62. The number of halogens is 4. The minimum absolute atomic E-state index is 0.153. The molecular formula is C14H8Br2F2O2. The van der Waals surface area contributed by atoms with Crippen LogP contribution in [0.25, 0.3) is 0 Å². The second-order valence-electron chi connectivity index (χ2n) is 3.89. The van der Waals surface area contributed by atoms with Crippen LogP contribution in [0.5, 0.6) is 5.75 Å². The molecule has 0 heterocycles. The minimum atomic E-state index is -0.718. The summed E-state index contributed by atoms with van der Waals surface area (Å²) in [5.74, 6) is -1.17. The number of ether oxygens (including phenoxy) is 1. The van der Waals surface area contributed by atoms with E-state index in [2.05, 4.69) is 31.9 Å². The Labute approximate surface area is 131 Å². The van der Waals surface area contributed by atoms with Crippen LogP contribution in [-0.2, 0) is 6.61 Å². The first-order chi connectivity index (χ1) is 9.54. The molecule has 2 aromatic carbocycles. The fraction of sp³-hybridized carbons (Fsp3) is 0.0714. The van der Waals surface area contributed by atoms with Gasteiger partial charge in [0.15, 0.2) is 6.29 Å². The summed E-state index contributed by atoms with van der Waals surface area (Å²) in [6.45, 7) is -0.319. The molecule has 0 spiro atoms. The summed E-state index contributed by atoms with van der Waals surface area (Å²) in [6.07, 6.45) is 0.619. The molecule has 0 saturated heterocycles. The van der Waals surface area contributed by atoms with Crippen molar-refractivity contribution in [1.82, 2.24) is 0 Å². The zero-order chi connectivity index (χ0) is 14.7. The molecule has 0 radical (unpaired) electrons. The Hall–Kier alpha value is -1.27. The summed E-state index contributed by atoms with van der Waals surface area (Å²) in [5, 5.41) is 0. The molecule has 20 heavy (non-hydrogen) atoms. The van der Waals surface area contributed by atoms with Crippen molar-refractivity contribution in [2.75, 3.05) is 0 Å². The Morgan fingerprint density at radius 3 is 2.55 bits per heavy atom. The van der Waals surface area contributed by atoms with Crippen LogP contribution in [0.3, 0.4) is 0 Å². The molecule has 0 aliphatic carbocycles. The van der Waals surface area contributed by atoms with Crippen molar-refractivity contribution in [3.8, 4) is 5.75 Å². The van der Waals surface area contributed by atoms with E-state index < -0.39 is 11.6 Å². The van der Waals surface area contributed by atoms with Crippen molar-refractivity contribution in [2.24, 2.45) is 0 Å². The lowest BCUT2D eigenvalue weighted by atomic mass is 10.2. The predicted octanol–water partition coefficient (Wildman–Crippen LogP) is 4.88. The summed E-state index contributed by atoms with van der Waals surface area (Å²) in [4.78, 5) is 10.9. The zero-order valence-corrected chi connectivity index (χ0v) is 13.2. The summed E-state index contributed by atoms with van der Waals surface area (Å²) < 4.78 is 33.5. The van der Waals surface area contributed by atoms with Gasteiger partial charge >= 0.3 is 0 Å². The predicted molar refractivity (Wildman–Crippen MR) is 77.9 cm³/mol. The van der Waals surface area contributed by atoms with Gasteiger partial charge in [-0.3, -0.25) is 4.79 Å². The molecule has 0 aliphatic heterocycles. The summed E-state index contributed by atoms with van der Waals surface area (Å²) >= 11 is 6.22. The van der Waals surface area contributed by atoms with Crippen molar-refractivity contribution < 1.29 is 18.3 Å². The number of carbonyl (C=O) groups is 1. The average Bonchev–Trinajstić information content (AvgIpc) is 2.44. The molecule has 2 nitrogen and oxygen atoms in total. The number of rotatable bonds is 4. The van der Waals surface area contributed by atoms with E-state index in [0.717, 1.165) is 6.07 Å². The Balaban J connectivity index is 2.30. The van der Waals surface area contributed by atoms with Crippen molar-refractivity contribution in [1.29, 1.82) is 0 Å². The van der Waals surface area contributed by atoms with Crippen molar-refractivity contribution in [3.05, 3.63) is 62.0 Å². The van der Waals surface area contributed by atoms with E-state index in [1.807, 2.05) is 0 Å². The lowest BCUT2D eigenvalue weighted by molar-refractivity contribution is 0.111. The van der Waals surface area contributed by atoms with Gasteiger partial charge in [0.1, 0.15) is 24.0 Å². The minimum Gasteiger partial charge on any atom is -0.487 e. The maximum atomic E-state index is 13.8. The van der Waals surface area contributed by atoms with Gasteiger partial charge in [-0.05, 0) is 56.1 Å². The summed E-state index contributed by atoms with van der Waals surface area (Å²) in [7, 11) is 0. The standard InChI is InChI=1S/C14H8Br2F2O2/c15-10-4-5-12(17)9(13(10)18)7-20-14-8(6-19)2-1-3-11(14)16/h1-6H,7H2. The smallest absolute Gasteiger partial charge is 0.153 e. The van der Waals surface area contributed by atoms with E-state index in [4.69, 9.17) is 4.74 Å². The summed E-state index contributed by atoms with van der Waals surface area (Å²) in [5.41, 5.74) is 0.0992. The molecule has 0 unspecified atom stereocenters. The second-order valence-corrected chi connectivity index (χ2v) is 5.60. The van der Waals surface area contributed by atoms with E-state index in [1.54, 1.807) is 18.2 Å². The molecule has 2 aromatic rings. The van der Waals surface area contributed by atoms with Gasteiger partial charge in [-0.15, -0.1) is 0 Å². The van der Waals surface area contributed by atoms with Gasteiger partial charge in [-0.25, -0.2) is 8.78 Å². The van der Waals surface area contributed by atoms with E-state index in [0.29, 0.717) is 16.3 Å². The van der Waals surface area contributed by atoms with Gasteiger partial charge in [0.2, 0.25) is 0 Å². The third-order valence-corrected chi connectivity index (χ3v) is 3.86. The van der Waals surface area contributed by atoms with E-state index in [9.17, 15) is 13.6 Å². The highest BCUT2D eigenvalue weighted by Gasteiger charge is 2.15. The van der Waals surface area contributed by atoms with Gasteiger partial charge < -0.3 is 4.74 Å². The number of carbonyl (C=O) groups excluding carboxylic acids is 1. The quantitative estimate of drug-likeness (QED) is 0.535. The highest BCUT2D eigenvalue weighted by atomic mass is 79.9. The first-order valence-corrected chi connectivity index (χ1v) is 7.12. The first kappa shape index (κ1) is 15.1. The van der Waals surface area contributed by atoms with E-state index in [-0.39, 0.29) is 22.4 Å². The third kappa shape index (κ3) is 3.07. The molecular weight excluding hydrogens is 398 g/mol. The van der Waals surface area contributed by atoms with Crippen LogP contribution in [0.4, 0.5) is 8.78 Å². The number of hydrogen-bond donors (Lipinski definition) is 0. The monoisotopic (exact) mass is 404 g/mol.